The highest BCUT2D eigenvalue weighted by molar-refractivity contribution is 5.76. The number of hydrogen-bond acceptors (Lipinski definition) is 6. The van der Waals surface area contributed by atoms with E-state index in [1.807, 2.05) is 0 Å². The molecule has 2 heterocycles. The number of carbonyl (C=O) groups excluding carboxylic acids is 1. The van der Waals surface area contributed by atoms with Crippen LogP contribution < -0.4 is 15.2 Å². The first-order chi connectivity index (χ1) is 24.1. The summed E-state index contributed by atoms with van der Waals surface area (Å²) in [6.45, 7) is -22.3. The zero-order valence-corrected chi connectivity index (χ0v) is 16.1. The maximum absolute atomic E-state index is 13.9. The molecule has 6 nitrogen and oxygen atoms in total. The second-order valence-electron chi connectivity index (χ2n) is 6.16. The number of hydrogen-bond donors (Lipinski definition) is 1. The summed E-state index contributed by atoms with van der Waals surface area (Å²) in [6.07, 6.45) is -13.5. The lowest BCUT2D eigenvalue weighted by atomic mass is 9.79. The van der Waals surface area contributed by atoms with Crippen LogP contribution in [0.15, 0.2) is 12.1 Å². The van der Waals surface area contributed by atoms with Crippen molar-refractivity contribution in [3.63, 3.8) is 0 Å². The van der Waals surface area contributed by atoms with E-state index in [9.17, 15) is 13.0 Å². The van der Waals surface area contributed by atoms with E-state index in [4.69, 9.17) is 46.0 Å². The van der Waals surface area contributed by atoms with Gasteiger partial charge in [0.25, 0.3) is 0 Å². The summed E-state index contributed by atoms with van der Waals surface area (Å²) in [6, 6.07) is -9.68. The molecule has 0 aromatic heterocycles. The predicted molar refractivity (Wildman–Crippen MR) is 118 cm³/mol. The average Bonchev–Trinajstić information content (AvgIpc) is 3.00. The first kappa shape index (κ1) is 6.85. The van der Waals surface area contributed by atoms with Crippen LogP contribution in [0.5, 0.6) is 11.5 Å². The molecule has 0 radical (unpaired) electrons. The molecule has 1 aromatic carbocycles. The number of fused-ring (bicyclic) bond motifs is 3. The minimum absolute atomic E-state index is 0.0659. The molecule has 2 aliphatic rings. The van der Waals surface area contributed by atoms with E-state index in [0.717, 1.165) is 14.2 Å². The van der Waals surface area contributed by atoms with Crippen LogP contribution in [0.25, 0.3) is 0 Å². The highest BCUT2D eigenvalue weighted by atomic mass is 16.5. The van der Waals surface area contributed by atoms with Crippen molar-refractivity contribution in [3.05, 3.63) is 23.2 Å². The fourth-order valence-electron chi connectivity index (χ4n) is 2.90. The lowest BCUT2D eigenvalue weighted by molar-refractivity contribution is -0.160. The van der Waals surface area contributed by atoms with Crippen molar-refractivity contribution in [1.29, 1.82) is 0 Å². The highest BCUT2D eigenvalue weighted by Gasteiger charge is 2.41. The molecule has 4 atom stereocenters. The number of esters is 1. The SMILES string of the molecule is [2H]c1c2c(c([2H])c(OC)c1OC)C1([2H])N(CC2)C([2H])([2H])C([2H])(C([2H])([2H])C([2H])(C([2H])([2H])[2H])C([2H])([2H])[2H])C(OC(=O)[C@@]([2H])(N)C([2H])(C([2H])([2H])[2H])C([2H])([2H])[2H])C1([2H])[2H]. The first-order valence-corrected chi connectivity index (χ1v) is 8.60. The van der Waals surface area contributed by atoms with E-state index in [2.05, 4.69) is 0 Å². The molecule has 0 bridgehead atoms. The summed E-state index contributed by atoms with van der Waals surface area (Å²) in [5, 5.41) is 0. The standard InChI is InChI=1S/C24H38N2O4/c1-14(2)9-17-13-26-8-7-16-10-21(28-5)22(29-6)11-18(16)19(26)12-20(17)30-24(27)23(25)15(3)4/h10-11,14-15,17,19-20,23H,7-9,12-13,25H2,1-6H3/t17?,19?,20?,23-/m0/s1/i1D3,2D3,3D3,4D3,9D2,10D,11D,12D2,13D2,14D,15D,17D,19D,23D. The maximum atomic E-state index is 13.9. The Hall–Kier alpha value is -1.79. The van der Waals surface area contributed by atoms with Gasteiger partial charge in [0.15, 0.2) is 11.5 Å². The summed E-state index contributed by atoms with van der Waals surface area (Å²) in [4.78, 5) is 14.0. The second kappa shape index (κ2) is 9.56. The zero-order chi connectivity index (χ0) is 43.7. The van der Waals surface area contributed by atoms with Gasteiger partial charge >= 0.3 is 5.97 Å². The van der Waals surface area contributed by atoms with Crippen LogP contribution in [0.1, 0.15) is 91.6 Å². The molecule has 0 aliphatic carbocycles. The van der Waals surface area contributed by atoms with Crippen LogP contribution >= 0.6 is 0 Å². The summed E-state index contributed by atoms with van der Waals surface area (Å²) < 4.78 is 226. The molecule has 2 N–H and O–H groups in total. The van der Waals surface area contributed by atoms with Gasteiger partial charge in [0, 0.05) is 60.1 Å². The Morgan fingerprint density at radius 1 is 1.40 bits per heavy atom. The van der Waals surface area contributed by atoms with E-state index >= 15 is 0 Å². The summed E-state index contributed by atoms with van der Waals surface area (Å²) in [5.74, 6) is -17.5. The monoisotopic (exact) mass is 443 g/mol. The molecule has 6 heteroatoms. The molecule has 1 saturated heterocycles. The number of piperidine rings is 1. The Morgan fingerprint density at radius 3 is 2.80 bits per heavy atom. The largest absolute Gasteiger partial charge is 0.493 e. The molecule has 3 unspecified atom stereocenters. The van der Waals surface area contributed by atoms with E-state index in [1.165, 1.54) is 0 Å². The number of rotatable bonds is 7. The van der Waals surface area contributed by atoms with Crippen molar-refractivity contribution in [3.8, 4) is 11.5 Å². The number of methoxy groups -OCH3 is 2. The van der Waals surface area contributed by atoms with Gasteiger partial charge in [0.2, 0.25) is 0 Å². The lowest BCUT2D eigenvalue weighted by Gasteiger charge is -2.47. The van der Waals surface area contributed by atoms with Gasteiger partial charge in [-0.2, -0.15) is 0 Å². The van der Waals surface area contributed by atoms with Crippen LogP contribution in [-0.4, -0.2) is 50.3 Å². The third-order valence-corrected chi connectivity index (χ3v) is 4.27. The van der Waals surface area contributed by atoms with Crippen molar-refractivity contribution in [1.82, 2.24) is 4.90 Å². The third kappa shape index (κ3) is 4.75. The van der Waals surface area contributed by atoms with Crippen LogP contribution in [0.2, 0.25) is 0 Å². The van der Waals surface area contributed by atoms with Crippen LogP contribution in [-0.2, 0) is 16.0 Å². The van der Waals surface area contributed by atoms with Crippen molar-refractivity contribution in [2.75, 3.05) is 27.3 Å². The van der Waals surface area contributed by atoms with Gasteiger partial charge in [-0.05, 0) is 47.8 Å². The first-order valence-electron chi connectivity index (χ1n) is 21.1. The molecule has 0 amide bonds. The lowest BCUT2D eigenvalue weighted by Crippen LogP contribution is -2.51. The molecular weight excluding hydrogens is 380 g/mol. The Balaban J connectivity index is 2.66. The quantitative estimate of drug-likeness (QED) is 0.650. The number of ether oxygens (including phenoxy) is 3. The van der Waals surface area contributed by atoms with Gasteiger partial charge in [-0.25, -0.2) is 0 Å². The minimum atomic E-state index is -4.81. The topological polar surface area (TPSA) is 74.0 Å². The van der Waals surface area contributed by atoms with E-state index in [1.54, 1.807) is 0 Å². The predicted octanol–water partition coefficient (Wildman–Crippen LogP) is 3.56. The van der Waals surface area contributed by atoms with Crippen LogP contribution in [0, 0.1) is 17.7 Å². The number of nitrogens with two attached hydrogens (primary N) is 1. The summed E-state index contributed by atoms with van der Waals surface area (Å²) in [5.41, 5.74) is 4.26. The smallest absolute Gasteiger partial charge is 0.323 e. The summed E-state index contributed by atoms with van der Waals surface area (Å²) >= 11 is 0. The van der Waals surface area contributed by atoms with Gasteiger partial charge in [0.1, 0.15) is 12.1 Å². The zero-order valence-electron chi connectivity index (χ0n) is 41.1. The van der Waals surface area contributed by atoms with Gasteiger partial charge < -0.3 is 19.9 Å². The number of nitrogens with zero attached hydrogens (tertiary/aromatic N) is 1. The molecule has 1 aromatic rings. The maximum Gasteiger partial charge on any atom is 0.323 e. The summed E-state index contributed by atoms with van der Waals surface area (Å²) in [7, 11) is 2.03. The molecule has 168 valence electrons. The second-order valence-corrected chi connectivity index (χ2v) is 6.16. The Kier molecular flexibility index (Phi) is 2.18. The Labute approximate surface area is 216 Å². The highest BCUT2D eigenvalue weighted by Crippen LogP contribution is 2.44. The number of carbonyl (C=O) groups is 1. The van der Waals surface area contributed by atoms with Crippen molar-refractivity contribution in [2.45, 2.75) is 64.7 Å². The fraction of sp³-hybridized carbons (Fsp3) is 0.708. The molecular formula is C24H38N2O4. The van der Waals surface area contributed by atoms with Crippen molar-refractivity contribution >= 4 is 5.97 Å². The van der Waals surface area contributed by atoms with Gasteiger partial charge in [0.05, 0.1) is 19.7 Å². The van der Waals surface area contributed by atoms with Crippen molar-refractivity contribution in [2.24, 2.45) is 23.4 Å². The molecule has 2 aliphatic heterocycles. The minimum Gasteiger partial charge on any atom is -0.493 e. The Morgan fingerprint density at radius 2 is 2.13 bits per heavy atom. The van der Waals surface area contributed by atoms with Gasteiger partial charge in [-0.3, -0.25) is 9.69 Å². The van der Waals surface area contributed by atoms with E-state index < -0.39 is 136 Å². The van der Waals surface area contributed by atoms with E-state index in [-0.39, 0.29) is 4.90 Å². The van der Waals surface area contributed by atoms with Crippen LogP contribution in [0.3, 0.4) is 0 Å². The Bertz CT molecular complexity index is 1670. The molecule has 1 fully saturated rings. The van der Waals surface area contributed by atoms with Crippen molar-refractivity contribution < 1.29 is 53.3 Å². The molecule has 0 saturated carbocycles. The average molecular weight is 444 g/mol. The van der Waals surface area contributed by atoms with Gasteiger partial charge in [-0.1, -0.05) is 27.4 Å². The number of benzene rings is 1. The third-order valence-electron chi connectivity index (χ3n) is 4.27. The normalized spacial score (nSPS) is 49.3. The molecule has 30 heavy (non-hydrogen) atoms. The fourth-order valence-corrected chi connectivity index (χ4v) is 2.90. The molecule has 0 spiro atoms. The van der Waals surface area contributed by atoms with Crippen LogP contribution in [0.4, 0.5) is 0 Å². The van der Waals surface area contributed by atoms with Gasteiger partial charge in [-0.15, -0.1) is 0 Å². The molecule has 3 rings (SSSR count). The van der Waals surface area contributed by atoms with E-state index in [0.29, 0.717) is 0 Å².